The second-order valence-electron chi connectivity index (χ2n) is 7.15. The zero-order valence-electron chi connectivity index (χ0n) is 17.5. The van der Waals surface area contributed by atoms with Gasteiger partial charge in [-0.3, -0.25) is 0 Å². The second kappa shape index (κ2) is 10.0. The van der Waals surface area contributed by atoms with Crippen molar-refractivity contribution in [3.63, 3.8) is 0 Å². The van der Waals surface area contributed by atoms with Gasteiger partial charge in [-0.1, -0.05) is 37.4 Å². The maximum Gasteiger partial charge on any atom is 0.158 e. The number of hydrogen-bond donors (Lipinski definition) is 2. The van der Waals surface area contributed by atoms with Crippen molar-refractivity contribution >= 4 is 11.5 Å². The van der Waals surface area contributed by atoms with Gasteiger partial charge in [-0.25, -0.2) is 13.8 Å². The molecule has 0 bridgehead atoms. The van der Waals surface area contributed by atoms with Crippen molar-refractivity contribution in [2.24, 2.45) is 0 Å². The second-order valence-corrected chi connectivity index (χ2v) is 7.15. The molecular formula is C24H26F2N4O. The molecule has 0 fully saturated rings. The summed E-state index contributed by atoms with van der Waals surface area (Å²) in [5.41, 5.74) is 2.83. The Morgan fingerprint density at radius 2 is 1.94 bits per heavy atom. The lowest BCUT2D eigenvalue weighted by Crippen LogP contribution is -2.21. The van der Waals surface area contributed by atoms with Gasteiger partial charge in [0, 0.05) is 32.3 Å². The molecule has 3 aromatic rings. The molecule has 0 amide bonds. The lowest BCUT2D eigenvalue weighted by Gasteiger charge is -2.24. The molecule has 0 saturated carbocycles. The van der Waals surface area contributed by atoms with Crippen molar-refractivity contribution < 1.29 is 13.9 Å². The summed E-state index contributed by atoms with van der Waals surface area (Å²) in [7, 11) is 1.88. The lowest BCUT2D eigenvalue weighted by molar-refractivity contribution is 0.272. The molecule has 0 unspecified atom stereocenters. The summed E-state index contributed by atoms with van der Waals surface area (Å²) >= 11 is 0. The Hall–Kier alpha value is -3.45. The van der Waals surface area contributed by atoms with Gasteiger partial charge in [-0.15, -0.1) is 0 Å². The van der Waals surface area contributed by atoms with Crippen molar-refractivity contribution in [2.75, 3.05) is 25.5 Å². The molecule has 5 nitrogen and oxygen atoms in total. The Morgan fingerprint density at radius 3 is 2.58 bits per heavy atom. The minimum Gasteiger partial charge on any atom is -0.396 e. The predicted octanol–water partition coefficient (Wildman–Crippen LogP) is 4.72. The quantitative estimate of drug-likeness (QED) is 0.495. The molecule has 162 valence electrons. The average molecular weight is 424 g/mol. The fourth-order valence-corrected chi connectivity index (χ4v) is 3.34. The molecule has 2 N–H and O–H groups in total. The van der Waals surface area contributed by atoms with Crippen LogP contribution in [-0.4, -0.2) is 39.8 Å². The van der Waals surface area contributed by atoms with Gasteiger partial charge in [0.05, 0.1) is 5.70 Å². The van der Waals surface area contributed by atoms with Crippen LogP contribution >= 0.6 is 0 Å². The number of nitrogens with zero attached hydrogens (tertiary/aromatic N) is 3. The van der Waals surface area contributed by atoms with E-state index in [2.05, 4.69) is 18.5 Å². The minimum atomic E-state index is -0.368. The highest BCUT2D eigenvalue weighted by atomic mass is 19.1. The minimum absolute atomic E-state index is 0.0682. The standard InChI is InChI=1S/C24H26F2N4O/c1-4-27-23-22(17(2)29(3)13-6-14-31)30(16-18-9-11-20(25)12-10-18)24(28-23)19-7-5-8-21(26)15-19/h4-5,7-12,15,27,31H,1-2,6,13-14,16H2,3H3. The monoisotopic (exact) mass is 424 g/mol. The molecule has 0 saturated heterocycles. The Morgan fingerprint density at radius 1 is 1.19 bits per heavy atom. The molecule has 2 aromatic carbocycles. The van der Waals surface area contributed by atoms with Gasteiger partial charge < -0.3 is 19.9 Å². The van der Waals surface area contributed by atoms with E-state index in [1.165, 1.54) is 30.5 Å². The third kappa shape index (κ3) is 5.19. The van der Waals surface area contributed by atoms with Crippen LogP contribution in [-0.2, 0) is 6.54 Å². The van der Waals surface area contributed by atoms with Gasteiger partial charge in [0.1, 0.15) is 23.2 Å². The summed E-state index contributed by atoms with van der Waals surface area (Å²) in [4.78, 5) is 6.64. The van der Waals surface area contributed by atoms with Crippen LogP contribution in [0.1, 0.15) is 17.7 Å². The highest BCUT2D eigenvalue weighted by molar-refractivity contribution is 5.74. The van der Waals surface area contributed by atoms with E-state index in [0.29, 0.717) is 48.1 Å². The van der Waals surface area contributed by atoms with Crippen molar-refractivity contribution in [3.8, 4) is 11.4 Å². The number of imidazole rings is 1. The van der Waals surface area contributed by atoms with Crippen molar-refractivity contribution in [1.82, 2.24) is 14.5 Å². The van der Waals surface area contributed by atoms with E-state index in [1.54, 1.807) is 24.3 Å². The average Bonchev–Trinajstić information content (AvgIpc) is 3.11. The molecule has 0 aliphatic carbocycles. The summed E-state index contributed by atoms with van der Waals surface area (Å²) in [6, 6.07) is 12.4. The normalized spacial score (nSPS) is 10.7. The van der Waals surface area contributed by atoms with E-state index in [-0.39, 0.29) is 18.2 Å². The Labute approximate surface area is 181 Å². The summed E-state index contributed by atoms with van der Waals surface area (Å²) in [5, 5.41) is 12.2. The largest absolute Gasteiger partial charge is 0.396 e. The maximum absolute atomic E-state index is 14.0. The first kappa shape index (κ1) is 22.2. The first-order valence-electron chi connectivity index (χ1n) is 9.94. The Balaban J connectivity index is 2.16. The number of halogens is 2. The molecular weight excluding hydrogens is 398 g/mol. The molecule has 7 heteroatoms. The van der Waals surface area contributed by atoms with Gasteiger partial charge in [-0.05, 0) is 42.4 Å². The third-order valence-corrected chi connectivity index (χ3v) is 4.93. The fraction of sp³-hybridized carbons (Fsp3) is 0.208. The lowest BCUT2D eigenvalue weighted by atomic mass is 10.1. The number of aliphatic hydroxyl groups excluding tert-OH is 1. The van der Waals surface area contributed by atoms with Crippen LogP contribution in [0.5, 0.6) is 0 Å². The van der Waals surface area contributed by atoms with Crippen LogP contribution < -0.4 is 5.32 Å². The van der Waals surface area contributed by atoms with Gasteiger partial charge >= 0.3 is 0 Å². The Kier molecular flexibility index (Phi) is 7.20. The molecule has 31 heavy (non-hydrogen) atoms. The van der Waals surface area contributed by atoms with Gasteiger partial charge in [0.25, 0.3) is 0 Å². The van der Waals surface area contributed by atoms with E-state index in [1.807, 2.05) is 16.5 Å². The highest BCUT2D eigenvalue weighted by Gasteiger charge is 2.22. The SMILES string of the molecule is C=CNc1nc(-c2cccc(F)c2)n(Cc2ccc(F)cc2)c1C(=C)N(C)CCCO. The number of hydrogen-bond acceptors (Lipinski definition) is 4. The number of benzene rings is 2. The van der Waals surface area contributed by atoms with Crippen LogP contribution in [0.4, 0.5) is 14.6 Å². The summed E-state index contributed by atoms with van der Waals surface area (Å²) < 4.78 is 29.3. The predicted molar refractivity (Wildman–Crippen MR) is 120 cm³/mol. The van der Waals surface area contributed by atoms with Crippen molar-refractivity contribution in [1.29, 1.82) is 0 Å². The van der Waals surface area contributed by atoms with E-state index >= 15 is 0 Å². The summed E-state index contributed by atoms with van der Waals surface area (Å²) in [6.45, 7) is 9.01. The number of aromatic nitrogens is 2. The number of anilines is 1. The molecule has 1 aromatic heterocycles. The zero-order chi connectivity index (χ0) is 22.4. The van der Waals surface area contributed by atoms with Gasteiger partial charge in [0.2, 0.25) is 0 Å². The van der Waals surface area contributed by atoms with E-state index < -0.39 is 0 Å². The number of rotatable bonds is 10. The molecule has 3 rings (SSSR count). The van der Waals surface area contributed by atoms with Crippen LogP contribution in [0.25, 0.3) is 17.1 Å². The number of nitrogens with one attached hydrogen (secondary N) is 1. The van der Waals surface area contributed by atoms with Gasteiger partial charge in [-0.2, -0.15) is 0 Å². The van der Waals surface area contributed by atoms with Crippen LogP contribution in [0.15, 0.2) is 67.9 Å². The molecule has 0 spiro atoms. The van der Waals surface area contributed by atoms with Gasteiger partial charge in [0.15, 0.2) is 5.82 Å². The van der Waals surface area contributed by atoms with Crippen LogP contribution in [0, 0.1) is 11.6 Å². The summed E-state index contributed by atoms with van der Waals surface area (Å²) in [5.74, 6) is 0.381. The fourth-order valence-electron chi connectivity index (χ4n) is 3.34. The molecule has 0 radical (unpaired) electrons. The van der Waals surface area contributed by atoms with Crippen molar-refractivity contribution in [3.05, 3.63) is 90.8 Å². The number of aliphatic hydroxyl groups is 1. The van der Waals surface area contributed by atoms with E-state index in [4.69, 9.17) is 4.98 Å². The highest BCUT2D eigenvalue weighted by Crippen LogP contribution is 2.32. The topological polar surface area (TPSA) is 53.3 Å². The Bertz CT molecular complexity index is 1060. The first-order chi connectivity index (χ1) is 14.9. The van der Waals surface area contributed by atoms with Crippen LogP contribution in [0.3, 0.4) is 0 Å². The zero-order valence-corrected chi connectivity index (χ0v) is 17.5. The molecule has 0 aliphatic heterocycles. The smallest absolute Gasteiger partial charge is 0.158 e. The van der Waals surface area contributed by atoms with Crippen molar-refractivity contribution in [2.45, 2.75) is 13.0 Å². The van der Waals surface area contributed by atoms with E-state index in [0.717, 1.165) is 5.56 Å². The molecule has 1 heterocycles. The maximum atomic E-state index is 14.0. The summed E-state index contributed by atoms with van der Waals surface area (Å²) in [6.07, 6.45) is 2.10. The molecule has 0 atom stereocenters. The van der Waals surface area contributed by atoms with E-state index in [9.17, 15) is 13.9 Å². The molecule has 0 aliphatic rings. The third-order valence-electron chi connectivity index (χ3n) is 4.93. The van der Waals surface area contributed by atoms with Crippen LogP contribution in [0.2, 0.25) is 0 Å². The first-order valence-corrected chi connectivity index (χ1v) is 9.94.